The molecule has 2 amide bonds. The Morgan fingerprint density at radius 3 is 2.15 bits per heavy atom. The highest BCUT2D eigenvalue weighted by atomic mass is 79.9. The third-order valence-electron chi connectivity index (χ3n) is 3.52. The quantitative estimate of drug-likeness (QED) is 0.683. The van der Waals surface area contributed by atoms with Crippen LogP contribution >= 0.6 is 15.9 Å². The van der Waals surface area contributed by atoms with Gasteiger partial charge in [0.05, 0.1) is 19.6 Å². The summed E-state index contributed by atoms with van der Waals surface area (Å²) in [4.78, 5) is 23.4. The van der Waals surface area contributed by atoms with Crippen molar-refractivity contribution in [2.24, 2.45) is 5.73 Å². The molecule has 3 N–H and O–H groups in total. The molecule has 0 spiro atoms. The summed E-state index contributed by atoms with van der Waals surface area (Å²) in [6, 6.07) is 10.0. The fourth-order valence-corrected chi connectivity index (χ4v) is 2.81. The van der Waals surface area contributed by atoms with Crippen molar-refractivity contribution < 1.29 is 19.1 Å². The molecule has 0 unspecified atom stereocenters. The van der Waals surface area contributed by atoms with Crippen molar-refractivity contribution in [3.63, 3.8) is 0 Å². The first kappa shape index (κ1) is 19.8. The van der Waals surface area contributed by atoms with Gasteiger partial charge >= 0.3 is 0 Å². The first-order chi connectivity index (χ1) is 12.4. The van der Waals surface area contributed by atoms with E-state index in [0.29, 0.717) is 36.0 Å². The molecule has 138 valence electrons. The number of ether oxygens (including phenoxy) is 2. The third-order valence-corrected chi connectivity index (χ3v) is 4.25. The van der Waals surface area contributed by atoms with Gasteiger partial charge in [0.15, 0.2) is 11.5 Å². The number of primary amides is 1. The zero-order valence-corrected chi connectivity index (χ0v) is 16.3. The van der Waals surface area contributed by atoms with Crippen LogP contribution in [0.4, 0.5) is 5.69 Å². The number of amides is 2. The molecule has 0 radical (unpaired) electrons. The van der Waals surface area contributed by atoms with Crippen LogP contribution in [0.1, 0.15) is 29.8 Å². The van der Waals surface area contributed by atoms with E-state index in [9.17, 15) is 9.59 Å². The van der Waals surface area contributed by atoms with Crippen LogP contribution in [0.5, 0.6) is 11.5 Å². The second kappa shape index (κ2) is 9.24. The third kappa shape index (κ3) is 5.23. The lowest BCUT2D eigenvalue weighted by Crippen LogP contribution is -2.15. The summed E-state index contributed by atoms with van der Waals surface area (Å²) < 4.78 is 11.9. The maximum atomic E-state index is 12.3. The van der Waals surface area contributed by atoms with Crippen LogP contribution in [0.15, 0.2) is 40.9 Å². The average molecular weight is 421 g/mol. The summed E-state index contributed by atoms with van der Waals surface area (Å²) in [6.45, 7) is 4.81. The van der Waals surface area contributed by atoms with E-state index in [-0.39, 0.29) is 12.3 Å². The van der Waals surface area contributed by atoms with Gasteiger partial charge in [0.1, 0.15) is 0 Å². The summed E-state index contributed by atoms with van der Waals surface area (Å²) in [6.07, 6.45) is 0.157. The molecular weight excluding hydrogens is 400 g/mol. The summed E-state index contributed by atoms with van der Waals surface area (Å²) >= 11 is 3.47. The van der Waals surface area contributed by atoms with Gasteiger partial charge < -0.3 is 20.5 Å². The van der Waals surface area contributed by atoms with Crippen LogP contribution in [-0.4, -0.2) is 25.0 Å². The van der Waals surface area contributed by atoms with Crippen LogP contribution in [0.2, 0.25) is 0 Å². The van der Waals surface area contributed by atoms with E-state index in [2.05, 4.69) is 21.2 Å². The Morgan fingerprint density at radius 1 is 1.04 bits per heavy atom. The van der Waals surface area contributed by atoms with Gasteiger partial charge in [-0.05, 0) is 55.8 Å². The average Bonchev–Trinajstić information content (AvgIpc) is 2.59. The molecule has 0 heterocycles. The lowest BCUT2D eigenvalue weighted by molar-refractivity contribution is -0.115. The fourth-order valence-electron chi connectivity index (χ4n) is 2.35. The molecule has 2 aromatic rings. The number of rotatable bonds is 8. The normalized spacial score (nSPS) is 10.3. The molecule has 0 saturated heterocycles. The topological polar surface area (TPSA) is 90.6 Å². The Kier molecular flexibility index (Phi) is 7.03. The van der Waals surface area contributed by atoms with Crippen molar-refractivity contribution in [2.75, 3.05) is 18.5 Å². The minimum atomic E-state index is -0.510. The number of carbonyl (C=O) groups is 2. The van der Waals surface area contributed by atoms with Crippen LogP contribution in [-0.2, 0) is 11.2 Å². The Balaban J connectivity index is 2.12. The molecule has 7 heteroatoms. The smallest absolute Gasteiger partial charge is 0.248 e. The van der Waals surface area contributed by atoms with E-state index in [4.69, 9.17) is 15.2 Å². The van der Waals surface area contributed by atoms with Crippen LogP contribution in [0.3, 0.4) is 0 Å². The molecule has 0 aliphatic carbocycles. The Hall–Kier alpha value is -2.54. The van der Waals surface area contributed by atoms with Crippen molar-refractivity contribution in [2.45, 2.75) is 20.3 Å². The van der Waals surface area contributed by atoms with E-state index in [1.165, 1.54) is 0 Å². The van der Waals surface area contributed by atoms with Crippen molar-refractivity contribution in [1.82, 2.24) is 0 Å². The maximum absolute atomic E-state index is 12.3. The maximum Gasteiger partial charge on any atom is 0.248 e. The Labute approximate surface area is 160 Å². The number of carbonyl (C=O) groups excluding carboxylic acids is 2. The first-order valence-electron chi connectivity index (χ1n) is 8.22. The van der Waals surface area contributed by atoms with Crippen molar-refractivity contribution in [1.29, 1.82) is 0 Å². The zero-order valence-electron chi connectivity index (χ0n) is 14.7. The Bertz CT molecular complexity index is 791. The molecule has 0 atom stereocenters. The molecule has 2 rings (SSSR count). The number of hydrogen-bond acceptors (Lipinski definition) is 4. The highest BCUT2D eigenvalue weighted by Gasteiger charge is 2.14. The summed E-state index contributed by atoms with van der Waals surface area (Å²) in [5, 5.41) is 2.79. The lowest BCUT2D eigenvalue weighted by Gasteiger charge is -2.14. The molecule has 0 fully saturated rings. The van der Waals surface area contributed by atoms with Crippen LogP contribution in [0, 0.1) is 0 Å². The van der Waals surface area contributed by atoms with Gasteiger partial charge in [0.25, 0.3) is 0 Å². The second-order valence-electron chi connectivity index (χ2n) is 5.42. The van der Waals surface area contributed by atoms with E-state index in [1.807, 2.05) is 13.8 Å². The van der Waals surface area contributed by atoms with Gasteiger partial charge in [-0.3, -0.25) is 9.59 Å². The first-order valence-corrected chi connectivity index (χ1v) is 9.01. The van der Waals surface area contributed by atoms with Crippen molar-refractivity contribution in [3.05, 3.63) is 52.0 Å². The van der Waals surface area contributed by atoms with Gasteiger partial charge in [0, 0.05) is 15.7 Å². The van der Waals surface area contributed by atoms with E-state index in [1.54, 1.807) is 36.4 Å². The van der Waals surface area contributed by atoms with E-state index < -0.39 is 5.91 Å². The SMILES string of the molecule is CCOc1cc(Br)c(CC(=O)Nc2ccc(C(N)=O)cc2)cc1OCC. The predicted octanol–water partition coefficient (Wildman–Crippen LogP) is 3.53. The number of hydrogen-bond donors (Lipinski definition) is 2. The molecule has 0 aliphatic rings. The number of benzene rings is 2. The van der Waals surface area contributed by atoms with Crippen LogP contribution in [0.25, 0.3) is 0 Å². The van der Waals surface area contributed by atoms with Crippen LogP contribution < -0.4 is 20.5 Å². The molecule has 0 bridgehead atoms. The monoisotopic (exact) mass is 420 g/mol. The highest BCUT2D eigenvalue weighted by molar-refractivity contribution is 9.10. The van der Waals surface area contributed by atoms with Gasteiger partial charge in [-0.2, -0.15) is 0 Å². The molecule has 2 aromatic carbocycles. The number of nitrogens with one attached hydrogen (secondary N) is 1. The summed E-state index contributed by atoms with van der Waals surface area (Å²) in [5.74, 6) is 0.535. The standard InChI is InChI=1S/C19H21BrN2O4/c1-3-25-16-9-13(15(20)11-17(16)26-4-2)10-18(23)22-14-7-5-12(6-8-14)19(21)24/h5-9,11H,3-4,10H2,1-2H3,(H2,21,24)(H,22,23). The molecular formula is C19H21BrN2O4. The van der Waals surface area contributed by atoms with Gasteiger partial charge in [-0.25, -0.2) is 0 Å². The van der Waals surface area contributed by atoms with E-state index in [0.717, 1.165) is 10.0 Å². The molecule has 0 aromatic heterocycles. The summed E-state index contributed by atoms with van der Waals surface area (Å²) in [7, 11) is 0. The van der Waals surface area contributed by atoms with Crippen molar-refractivity contribution >= 4 is 33.4 Å². The lowest BCUT2D eigenvalue weighted by atomic mass is 10.1. The highest BCUT2D eigenvalue weighted by Crippen LogP contribution is 2.34. The molecule has 0 aliphatic heterocycles. The molecule has 26 heavy (non-hydrogen) atoms. The van der Waals surface area contributed by atoms with Gasteiger partial charge in [-0.1, -0.05) is 15.9 Å². The summed E-state index contributed by atoms with van der Waals surface area (Å²) in [5.41, 5.74) is 6.96. The predicted molar refractivity (Wildman–Crippen MR) is 104 cm³/mol. The minimum absolute atomic E-state index is 0.157. The number of anilines is 1. The van der Waals surface area contributed by atoms with E-state index >= 15 is 0 Å². The largest absolute Gasteiger partial charge is 0.490 e. The van der Waals surface area contributed by atoms with Crippen molar-refractivity contribution in [3.8, 4) is 11.5 Å². The molecule has 0 saturated carbocycles. The van der Waals surface area contributed by atoms with Gasteiger partial charge in [0.2, 0.25) is 11.8 Å². The molecule has 6 nitrogen and oxygen atoms in total. The van der Waals surface area contributed by atoms with Gasteiger partial charge in [-0.15, -0.1) is 0 Å². The number of halogens is 1. The minimum Gasteiger partial charge on any atom is -0.490 e. The second-order valence-corrected chi connectivity index (χ2v) is 6.28. The zero-order chi connectivity index (χ0) is 19.1. The Morgan fingerprint density at radius 2 is 1.62 bits per heavy atom. The fraction of sp³-hybridized carbons (Fsp3) is 0.263. The number of nitrogens with two attached hydrogens (primary N) is 1.